The smallest absolute Gasteiger partial charge is 0.136 e. The maximum atomic E-state index is 6.70. The zero-order chi connectivity index (χ0) is 41.7. The van der Waals surface area contributed by atoms with Crippen LogP contribution in [0.2, 0.25) is 0 Å². The molecule has 0 radical (unpaired) electrons. The second kappa shape index (κ2) is 15.3. The Kier molecular flexibility index (Phi) is 8.83. The van der Waals surface area contributed by atoms with Crippen LogP contribution in [0, 0.1) is 0 Å². The molecule has 0 aliphatic carbocycles. The van der Waals surface area contributed by atoms with Gasteiger partial charge in [0.05, 0.1) is 16.7 Å². The van der Waals surface area contributed by atoms with E-state index < -0.39 is 0 Å². The van der Waals surface area contributed by atoms with Crippen LogP contribution in [0.15, 0.2) is 247 Å². The molecule has 0 spiro atoms. The number of fused-ring (bicyclic) bond motifs is 6. The highest BCUT2D eigenvalue weighted by Crippen LogP contribution is 2.50. The molecular formula is C60H40N2O. The minimum Gasteiger partial charge on any atom is -0.456 e. The summed E-state index contributed by atoms with van der Waals surface area (Å²) in [6, 6.07) is 87.2. The minimum absolute atomic E-state index is 0.847. The molecule has 0 aliphatic heterocycles. The van der Waals surface area contributed by atoms with E-state index in [-0.39, 0.29) is 0 Å². The first-order valence-electron chi connectivity index (χ1n) is 21.5. The van der Waals surface area contributed by atoms with E-state index in [2.05, 4.69) is 252 Å². The Morgan fingerprint density at radius 2 is 0.889 bits per heavy atom. The number of para-hydroxylation sites is 3. The molecule has 63 heavy (non-hydrogen) atoms. The van der Waals surface area contributed by atoms with E-state index in [1.807, 2.05) is 0 Å². The number of nitrogens with zero attached hydrogens (tertiary/aromatic N) is 2. The first-order chi connectivity index (χ1) is 31.3. The molecule has 12 aromatic rings. The molecule has 296 valence electrons. The number of hydrogen-bond donors (Lipinski definition) is 0. The summed E-state index contributed by atoms with van der Waals surface area (Å²) in [5, 5.41) is 4.59. The number of hydrogen-bond acceptors (Lipinski definition) is 2. The predicted molar refractivity (Wildman–Crippen MR) is 264 cm³/mol. The molecule has 0 unspecified atom stereocenters. The van der Waals surface area contributed by atoms with Crippen LogP contribution in [0.1, 0.15) is 0 Å². The van der Waals surface area contributed by atoms with Gasteiger partial charge in [-0.05, 0) is 106 Å². The van der Waals surface area contributed by atoms with Crippen LogP contribution in [0.3, 0.4) is 0 Å². The van der Waals surface area contributed by atoms with Gasteiger partial charge in [-0.2, -0.15) is 0 Å². The Morgan fingerprint density at radius 1 is 0.333 bits per heavy atom. The summed E-state index contributed by atoms with van der Waals surface area (Å²) >= 11 is 0. The van der Waals surface area contributed by atoms with Gasteiger partial charge in [-0.15, -0.1) is 0 Å². The van der Waals surface area contributed by atoms with Gasteiger partial charge in [0, 0.05) is 44.2 Å². The molecule has 2 aromatic heterocycles. The van der Waals surface area contributed by atoms with Crippen molar-refractivity contribution in [3.63, 3.8) is 0 Å². The third-order valence-electron chi connectivity index (χ3n) is 12.4. The van der Waals surface area contributed by atoms with Crippen LogP contribution in [0.25, 0.3) is 93.9 Å². The third kappa shape index (κ3) is 6.29. The van der Waals surface area contributed by atoms with Gasteiger partial charge in [-0.3, -0.25) is 0 Å². The van der Waals surface area contributed by atoms with Gasteiger partial charge in [0.2, 0.25) is 0 Å². The third-order valence-corrected chi connectivity index (χ3v) is 12.4. The molecule has 0 saturated heterocycles. The molecule has 2 heterocycles. The van der Waals surface area contributed by atoms with Crippen LogP contribution >= 0.6 is 0 Å². The number of rotatable bonds is 8. The fraction of sp³-hybridized carbons (Fsp3) is 0. The first kappa shape index (κ1) is 36.5. The number of aromatic nitrogens is 1. The van der Waals surface area contributed by atoms with Gasteiger partial charge in [0.1, 0.15) is 11.2 Å². The van der Waals surface area contributed by atoms with E-state index in [0.717, 1.165) is 78.0 Å². The maximum absolute atomic E-state index is 6.70. The summed E-state index contributed by atoms with van der Waals surface area (Å²) < 4.78 is 9.10. The van der Waals surface area contributed by atoms with Crippen molar-refractivity contribution in [1.82, 2.24) is 4.57 Å². The van der Waals surface area contributed by atoms with E-state index >= 15 is 0 Å². The Bertz CT molecular complexity index is 3590. The summed E-state index contributed by atoms with van der Waals surface area (Å²) in [4.78, 5) is 2.44. The standard InChI is InChI=1S/C60H40N2O/c1-5-17-41(18-6-1)43-29-32-47(33-30-43)61(48-34-36-50-49-25-13-15-27-54(49)62(56(50)40-48)46-23-11-4-12-24-46)55-37-38-58-60(52-26-14-16-28-57(52)63-58)59(55)51-35-31-45(42-19-7-2-8-20-42)39-53(51)44-21-9-3-10-22-44/h1-40H. The second-order valence-electron chi connectivity index (χ2n) is 16.1. The Morgan fingerprint density at radius 3 is 1.62 bits per heavy atom. The summed E-state index contributed by atoms with van der Waals surface area (Å²) in [6.07, 6.45) is 0. The van der Waals surface area contributed by atoms with E-state index in [9.17, 15) is 0 Å². The molecule has 0 bridgehead atoms. The molecule has 0 fully saturated rings. The minimum atomic E-state index is 0.847. The van der Waals surface area contributed by atoms with Crippen LogP contribution in [0.4, 0.5) is 17.1 Å². The molecule has 10 aromatic carbocycles. The molecule has 0 aliphatic rings. The molecule has 0 amide bonds. The summed E-state index contributed by atoms with van der Waals surface area (Å²) in [7, 11) is 0. The molecule has 3 nitrogen and oxygen atoms in total. The lowest BCUT2D eigenvalue weighted by Crippen LogP contribution is -2.12. The van der Waals surface area contributed by atoms with Gasteiger partial charge >= 0.3 is 0 Å². The summed E-state index contributed by atoms with van der Waals surface area (Å²) in [5.41, 5.74) is 17.5. The van der Waals surface area contributed by atoms with Gasteiger partial charge in [0.15, 0.2) is 0 Å². The number of furan rings is 1. The lowest BCUT2D eigenvalue weighted by Gasteiger charge is -2.29. The van der Waals surface area contributed by atoms with E-state index in [1.165, 1.54) is 33.0 Å². The number of anilines is 3. The van der Waals surface area contributed by atoms with Crippen molar-refractivity contribution in [3.05, 3.63) is 243 Å². The van der Waals surface area contributed by atoms with Crippen molar-refractivity contribution in [2.45, 2.75) is 0 Å². The molecular weight excluding hydrogens is 765 g/mol. The highest BCUT2D eigenvalue weighted by Gasteiger charge is 2.26. The molecule has 3 heteroatoms. The Labute approximate surface area is 366 Å². The fourth-order valence-electron chi connectivity index (χ4n) is 9.51. The lowest BCUT2D eigenvalue weighted by atomic mass is 9.88. The van der Waals surface area contributed by atoms with Crippen LogP contribution in [-0.4, -0.2) is 4.57 Å². The van der Waals surface area contributed by atoms with Gasteiger partial charge in [0.25, 0.3) is 0 Å². The topological polar surface area (TPSA) is 21.3 Å². The van der Waals surface area contributed by atoms with Gasteiger partial charge < -0.3 is 13.9 Å². The molecule has 0 atom stereocenters. The molecule has 0 saturated carbocycles. The SMILES string of the molecule is c1ccc(-c2ccc(N(c3ccc4c5ccccc5n(-c5ccccc5)c4c3)c3ccc4oc5ccccc5c4c3-c3ccc(-c4ccccc4)cc3-c3ccccc3)cc2)cc1. The zero-order valence-electron chi connectivity index (χ0n) is 34.4. The zero-order valence-corrected chi connectivity index (χ0v) is 34.4. The normalized spacial score (nSPS) is 11.5. The highest BCUT2D eigenvalue weighted by molar-refractivity contribution is 6.18. The van der Waals surface area contributed by atoms with E-state index in [0.29, 0.717) is 0 Å². The van der Waals surface area contributed by atoms with Gasteiger partial charge in [-0.25, -0.2) is 0 Å². The van der Waals surface area contributed by atoms with Crippen molar-refractivity contribution in [1.29, 1.82) is 0 Å². The maximum Gasteiger partial charge on any atom is 0.136 e. The predicted octanol–water partition coefficient (Wildman–Crippen LogP) is 16.8. The fourth-order valence-corrected chi connectivity index (χ4v) is 9.51. The second-order valence-corrected chi connectivity index (χ2v) is 16.1. The van der Waals surface area contributed by atoms with Crippen molar-refractivity contribution in [2.24, 2.45) is 0 Å². The Hall–Kier alpha value is -8.40. The largest absolute Gasteiger partial charge is 0.456 e. The highest BCUT2D eigenvalue weighted by atomic mass is 16.3. The number of benzene rings is 10. The van der Waals surface area contributed by atoms with Crippen molar-refractivity contribution >= 4 is 60.8 Å². The van der Waals surface area contributed by atoms with Crippen molar-refractivity contribution < 1.29 is 4.42 Å². The van der Waals surface area contributed by atoms with Crippen LogP contribution in [0.5, 0.6) is 0 Å². The molecule has 0 N–H and O–H groups in total. The summed E-state index contributed by atoms with van der Waals surface area (Å²) in [6.45, 7) is 0. The summed E-state index contributed by atoms with van der Waals surface area (Å²) in [5.74, 6) is 0. The molecule has 12 rings (SSSR count). The van der Waals surface area contributed by atoms with Crippen molar-refractivity contribution in [2.75, 3.05) is 4.90 Å². The quantitative estimate of drug-likeness (QED) is 0.153. The lowest BCUT2D eigenvalue weighted by molar-refractivity contribution is 0.669. The van der Waals surface area contributed by atoms with E-state index in [1.54, 1.807) is 0 Å². The Balaban J connectivity index is 1.18. The van der Waals surface area contributed by atoms with Crippen molar-refractivity contribution in [3.8, 4) is 50.2 Å². The van der Waals surface area contributed by atoms with Crippen LogP contribution < -0.4 is 4.90 Å². The first-order valence-corrected chi connectivity index (χ1v) is 21.5. The van der Waals surface area contributed by atoms with Crippen LogP contribution in [-0.2, 0) is 0 Å². The average Bonchev–Trinajstić information content (AvgIpc) is 3.91. The van der Waals surface area contributed by atoms with Gasteiger partial charge in [-0.1, -0.05) is 176 Å². The monoisotopic (exact) mass is 804 g/mol. The van der Waals surface area contributed by atoms with E-state index in [4.69, 9.17) is 4.42 Å². The average molecular weight is 805 g/mol.